The van der Waals surface area contributed by atoms with Crippen LogP contribution >= 0.6 is 0 Å². The Hall–Kier alpha value is -0.0800. The lowest BCUT2D eigenvalue weighted by Crippen LogP contribution is -2.29. The molecule has 1 fully saturated rings. The zero-order chi connectivity index (χ0) is 7.40. The standard InChI is InChI=1S/C8H18N2/c1-3-4-5-10-7-9-6-8(10)2/h8-9H,3-7H2,1-2H3. The third-order valence-electron chi connectivity index (χ3n) is 2.18. The van der Waals surface area contributed by atoms with Gasteiger partial charge in [-0.15, -0.1) is 0 Å². The molecular formula is C8H18N2. The normalized spacial score (nSPS) is 27.6. The second-order valence-corrected chi connectivity index (χ2v) is 3.13. The van der Waals surface area contributed by atoms with Crippen LogP contribution in [0.25, 0.3) is 0 Å². The molecule has 1 aliphatic heterocycles. The van der Waals surface area contributed by atoms with Crippen LogP contribution in [0.4, 0.5) is 0 Å². The van der Waals surface area contributed by atoms with Gasteiger partial charge in [-0.25, -0.2) is 0 Å². The third kappa shape index (κ3) is 1.96. The van der Waals surface area contributed by atoms with Gasteiger partial charge in [0.15, 0.2) is 0 Å². The summed E-state index contributed by atoms with van der Waals surface area (Å²) < 4.78 is 0. The largest absolute Gasteiger partial charge is 0.303 e. The smallest absolute Gasteiger partial charge is 0.0484 e. The molecule has 1 unspecified atom stereocenters. The van der Waals surface area contributed by atoms with E-state index in [1.54, 1.807) is 0 Å². The van der Waals surface area contributed by atoms with Crippen LogP contribution in [0.15, 0.2) is 0 Å². The van der Waals surface area contributed by atoms with Gasteiger partial charge in [-0.05, 0) is 19.9 Å². The predicted octanol–water partition coefficient (Wildman–Crippen LogP) is 1.04. The molecule has 1 heterocycles. The van der Waals surface area contributed by atoms with E-state index in [-0.39, 0.29) is 0 Å². The summed E-state index contributed by atoms with van der Waals surface area (Å²) in [5.74, 6) is 0. The summed E-state index contributed by atoms with van der Waals surface area (Å²) in [4.78, 5) is 2.50. The average Bonchev–Trinajstić information content (AvgIpc) is 2.31. The second-order valence-electron chi connectivity index (χ2n) is 3.13. The highest BCUT2D eigenvalue weighted by Crippen LogP contribution is 2.04. The predicted molar refractivity (Wildman–Crippen MR) is 43.9 cm³/mol. The van der Waals surface area contributed by atoms with Crippen molar-refractivity contribution in [2.45, 2.75) is 32.7 Å². The Balaban J connectivity index is 2.14. The highest BCUT2D eigenvalue weighted by molar-refractivity contribution is 4.74. The Labute approximate surface area is 63.6 Å². The Morgan fingerprint density at radius 1 is 1.60 bits per heavy atom. The summed E-state index contributed by atoms with van der Waals surface area (Å²) in [6.07, 6.45) is 2.65. The summed E-state index contributed by atoms with van der Waals surface area (Å²) in [6, 6.07) is 0.756. The molecule has 1 saturated heterocycles. The van der Waals surface area contributed by atoms with Crippen molar-refractivity contribution in [2.75, 3.05) is 19.8 Å². The molecule has 1 aliphatic rings. The SMILES string of the molecule is CCCCN1CNCC1C. The second kappa shape index (κ2) is 3.94. The lowest BCUT2D eigenvalue weighted by atomic mass is 10.3. The fraction of sp³-hybridized carbons (Fsp3) is 1.00. The zero-order valence-electron chi connectivity index (χ0n) is 7.06. The van der Waals surface area contributed by atoms with Crippen molar-refractivity contribution < 1.29 is 0 Å². The molecule has 0 saturated carbocycles. The van der Waals surface area contributed by atoms with Gasteiger partial charge in [-0.1, -0.05) is 13.3 Å². The quantitative estimate of drug-likeness (QED) is 0.633. The van der Waals surface area contributed by atoms with Crippen molar-refractivity contribution in [3.63, 3.8) is 0 Å². The summed E-state index contributed by atoms with van der Waals surface area (Å²) in [5.41, 5.74) is 0. The zero-order valence-corrected chi connectivity index (χ0v) is 7.06. The minimum atomic E-state index is 0.756. The average molecular weight is 142 g/mol. The van der Waals surface area contributed by atoms with Gasteiger partial charge in [0.05, 0.1) is 0 Å². The maximum atomic E-state index is 3.36. The summed E-state index contributed by atoms with van der Waals surface area (Å²) >= 11 is 0. The summed E-state index contributed by atoms with van der Waals surface area (Å²) in [7, 11) is 0. The minimum Gasteiger partial charge on any atom is -0.303 e. The van der Waals surface area contributed by atoms with Gasteiger partial charge in [0.2, 0.25) is 0 Å². The Morgan fingerprint density at radius 2 is 2.40 bits per heavy atom. The molecule has 0 aromatic carbocycles. The maximum absolute atomic E-state index is 3.36. The van der Waals surface area contributed by atoms with Gasteiger partial charge >= 0.3 is 0 Å². The fourth-order valence-corrected chi connectivity index (χ4v) is 1.36. The van der Waals surface area contributed by atoms with E-state index in [1.807, 2.05) is 0 Å². The van der Waals surface area contributed by atoms with E-state index < -0.39 is 0 Å². The van der Waals surface area contributed by atoms with Gasteiger partial charge in [0.25, 0.3) is 0 Å². The van der Waals surface area contributed by atoms with Gasteiger partial charge in [-0.2, -0.15) is 0 Å². The van der Waals surface area contributed by atoms with Crippen molar-refractivity contribution in [3.05, 3.63) is 0 Å². The molecule has 0 aromatic heterocycles. The van der Waals surface area contributed by atoms with E-state index in [1.165, 1.54) is 25.9 Å². The molecule has 0 aromatic rings. The van der Waals surface area contributed by atoms with Gasteiger partial charge in [0.1, 0.15) is 0 Å². The Morgan fingerprint density at radius 3 is 2.90 bits per heavy atom. The highest BCUT2D eigenvalue weighted by atomic mass is 15.3. The van der Waals surface area contributed by atoms with Crippen molar-refractivity contribution in [2.24, 2.45) is 0 Å². The van der Waals surface area contributed by atoms with E-state index in [0.29, 0.717) is 0 Å². The summed E-state index contributed by atoms with van der Waals surface area (Å²) in [5, 5.41) is 3.36. The van der Waals surface area contributed by atoms with Crippen molar-refractivity contribution in [1.29, 1.82) is 0 Å². The van der Waals surface area contributed by atoms with Crippen LogP contribution in [0, 0.1) is 0 Å². The van der Waals surface area contributed by atoms with Gasteiger partial charge in [0, 0.05) is 19.3 Å². The van der Waals surface area contributed by atoms with Crippen LogP contribution in [0.2, 0.25) is 0 Å². The van der Waals surface area contributed by atoms with Crippen LogP contribution in [-0.2, 0) is 0 Å². The van der Waals surface area contributed by atoms with E-state index in [9.17, 15) is 0 Å². The molecule has 1 N–H and O–H groups in total. The van der Waals surface area contributed by atoms with Crippen LogP contribution in [0.1, 0.15) is 26.7 Å². The highest BCUT2D eigenvalue weighted by Gasteiger charge is 2.17. The van der Waals surface area contributed by atoms with Gasteiger partial charge in [-0.3, -0.25) is 4.90 Å². The van der Waals surface area contributed by atoms with Crippen molar-refractivity contribution >= 4 is 0 Å². The van der Waals surface area contributed by atoms with Crippen molar-refractivity contribution in [1.82, 2.24) is 10.2 Å². The molecule has 0 bridgehead atoms. The number of hydrogen-bond donors (Lipinski definition) is 1. The van der Waals surface area contributed by atoms with Crippen molar-refractivity contribution in [3.8, 4) is 0 Å². The molecule has 0 amide bonds. The molecule has 1 atom stereocenters. The topological polar surface area (TPSA) is 15.3 Å². The molecule has 1 rings (SSSR count). The van der Waals surface area contributed by atoms with E-state index in [4.69, 9.17) is 0 Å². The van der Waals surface area contributed by atoms with Crippen LogP contribution in [0.3, 0.4) is 0 Å². The first-order valence-corrected chi connectivity index (χ1v) is 4.29. The molecule has 0 aliphatic carbocycles. The minimum absolute atomic E-state index is 0.756. The molecule has 10 heavy (non-hydrogen) atoms. The van der Waals surface area contributed by atoms with Crippen LogP contribution in [-0.4, -0.2) is 30.7 Å². The van der Waals surface area contributed by atoms with Crippen LogP contribution < -0.4 is 5.32 Å². The lowest BCUT2D eigenvalue weighted by Gasteiger charge is -2.18. The Bertz CT molecular complexity index is 93.3. The molecular weight excluding hydrogens is 124 g/mol. The molecule has 60 valence electrons. The molecule has 0 spiro atoms. The lowest BCUT2D eigenvalue weighted by molar-refractivity contribution is 0.267. The number of unbranched alkanes of at least 4 members (excludes halogenated alkanes) is 1. The van der Waals surface area contributed by atoms with E-state index >= 15 is 0 Å². The Kier molecular flexibility index (Phi) is 3.16. The molecule has 2 heteroatoms. The number of nitrogens with zero attached hydrogens (tertiary/aromatic N) is 1. The molecule has 2 nitrogen and oxygen atoms in total. The first kappa shape index (κ1) is 8.02. The number of rotatable bonds is 3. The van der Waals surface area contributed by atoms with E-state index in [0.717, 1.165) is 12.7 Å². The van der Waals surface area contributed by atoms with Gasteiger partial charge < -0.3 is 5.32 Å². The fourth-order valence-electron chi connectivity index (χ4n) is 1.36. The van der Waals surface area contributed by atoms with Crippen LogP contribution in [0.5, 0.6) is 0 Å². The third-order valence-corrected chi connectivity index (χ3v) is 2.18. The number of hydrogen-bond acceptors (Lipinski definition) is 2. The monoisotopic (exact) mass is 142 g/mol. The maximum Gasteiger partial charge on any atom is 0.0484 e. The molecule has 0 radical (unpaired) electrons. The summed E-state index contributed by atoms with van der Waals surface area (Å²) in [6.45, 7) is 8.07. The number of nitrogens with one attached hydrogen (secondary N) is 1. The first-order chi connectivity index (χ1) is 4.84. The van der Waals surface area contributed by atoms with E-state index in [2.05, 4.69) is 24.1 Å². The first-order valence-electron chi connectivity index (χ1n) is 4.29.